The molecule has 1 N–H and O–H groups in total. The van der Waals surface area contributed by atoms with Crippen LogP contribution in [-0.2, 0) is 9.59 Å². The molecule has 2 heterocycles. The molecule has 1 saturated heterocycles. The number of rotatable bonds is 5. The molecule has 0 atom stereocenters. The van der Waals surface area contributed by atoms with Gasteiger partial charge in [-0.2, -0.15) is 0 Å². The van der Waals surface area contributed by atoms with Crippen molar-refractivity contribution in [2.24, 2.45) is 23.2 Å². The zero-order valence-electron chi connectivity index (χ0n) is 17.5. The molecule has 0 radical (unpaired) electrons. The van der Waals surface area contributed by atoms with Crippen LogP contribution in [0.5, 0.6) is 0 Å². The van der Waals surface area contributed by atoms with E-state index in [9.17, 15) is 9.59 Å². The van der Waals surface area contributed by atoms with E-state index in [1.54, 1.807) is 6.20 Å². The molecule has 0 spiro atoms. The molecule has 1 aromatic rings. The van der Waals surface area contributed by atoms with Crippen LogP contribution in [0.3, 0.4) is 0 Å². The van der Waals surface area contributed by atoms with Crippen LogP contribution in [0.4, 0.5) is 5.82 Å². The third kappa shape index (κ3) is 4.23. The molecule has 162 valence electrons. The fraction of sp³-hybridized carbons (Fsp3) is 0.696. The Morgan fingerprint density at radius 2 is 1.67 bits per heavy atom. The van der Waals surface area contributed by atoms with E-state index < -0.39 is 0 Å². The van der Waals surface area contributed by atoms with Crippen molar-refractivity contribution in [2.45, 2.75) is 44.9 Å². The van der Waals surface area contributed by atoms with Crippen molar-refractivity contribution in [3.8, 4) is 0 Å². The van der Waals surface area contributed by atoms with Crippen molar-refractivity contribution < 1.29 is 9.59 Å². The maximum absolute atomic E-state index is 12.7. The lowest BCUT2D eigenvalue weighted by molar-refractivity contribution is -0.135. The highest BCUT2D eigenvalue weighted by molar-refractivity contribution is 9.10. The van der Waals surface area contributed by atoms with E-state index in [1.807, 2.05) is 17.0 Å². The van der Waals surface area contributed by atoms with Crippen LogP contribution in [0.25, 0.3) is 0 Å². The van der Waals surface area contributed by atoms with Crippen LogP contribution in [0.15, 0.2) is 22.8 Å². The summed E-state index contributed by atoms with van der Waals surface area (Å²) in [5.41, 5.74) is 0.227. The Bertz CT molecular complexity index is 769. The van der Waals surface area contributed by atoms with Crippen molar-refractivity contribution in [3.05, 3.63) is 22.8 Å². The molecule has 2 amide bonds. The Balaban J connectivity index is 1.08. The average Bonchev–Trinajstić information content (AvgIpc) is 2.71. The van der Waals surface area contributed by atoms with Crippen LogP contribution < -0.4 is 10.2 Å². The maximum Gasteiger partial charge on any atom is 0.242 e. The summed E-state index contributed by atoms with van der Waals surface area (Å²) in [7, 11) is 0. The van der Waals surface area contributed by atoms with Crippen molar-refractivity contribution in [1.82, 2.24) is 15.2 Å². The molecule has 6 rings (SSSR count). The van der Waals surface area contributed by atoms with Crippen molar-refractivity contribution in [3.63, 3.8) is 0 Å². The SMILES string of the molecule is O=C(CC12CC3CC(CC(C3)C1)C2)NCC(=O)N1CCN(c2ccc(Br)cn2)CC1. The molecule has 1 aromatic heterocycles. The number of carbonyl (C=O) groups excluding carboxylic acids is 2. The summed E-state index contributed by atoms with van der Waals surface area (Å²) < 4.78 is 0.962. The molecule has 4 saturated carbocycles. The van der Waals surface area contributed by atoms with E-state index in [4.69, 9.17) is 0 Å². The van der Waals surface area contributed by atoms with Crippen molar-refractivity contribution in [1.29, 1.82) is 0 Å². The Kier molecular flexibility index (Phi) is 5.50. The normalized spacial score (nSPS) is 32.4. The van der Waals surface area contributed by atoms with Gasteiger partial charge in [-0.05, 0) is 89.8 Å². The number of aromatic nitrogens is 1. The number of hydrogen-bond acceptors (Lipinski definition) is 4. The lowest BCUT2D eigenvalue weighted by Gasteiger charge is -2.56. The molecule has 4 bridgehead atoms. The monoisotopic (exact) mass is 474 g/mol. The van der Waals surface area contributed by atoms with Crippen LogP contribution in [-0.4, -0.2) is 54.4 Å². The van der Waals surface area contributed by atoms with Gasteiger partial charge in [0.2, 0.25) is 11.8 Å². The van der Waals surface area contributed by atoms with Gasteiger partial charge in [-0.3, -0.25) is 9.59 Å². The number of halogens is 1. The van der Waals surface area contributed by atoms with Crippen LogP contribution >= 0.6 is 15.9 Å². The molecule has 5 aliphatic rings. The molecule has 0 unspecified atom stereocenters. The van der Waals surface area contributed by atoms with E-state index in [1.165, 1.54) is 38.5 Å². The standard InChI is InChI=1S/C23H31BrN4O2/c24-19-1-2-20(25-14-19)27-3-5-28(6-4-27)22(30)15-26-21(29)13-23-10-16-7-17(11-23)9-18(8-16)12-23/h1-2,14,16-18H,3-13,15H2,(H,26,29). The number of nitrogens with one attached hydrogen (secondary N) is 1. The maximum atomic E-state index is 12.7. The highest BCUT2D eigenvalue weighted by Gasteiger charge is 2.51. The number of anilines is 1. The van der Waals surface area contributed by atoms with E-state index >= 15 is 0 Å². The highest BCUT2D eigenvalue weighted by Crippen LogP contribution is 2.61. The van der Waals surface area contributed by atoms with Gasteiger partial charge in [-0.25, -0.2) is 4.98 Å². The predicted molar refractivity (Wildman–Crippen MR) is 119 cm³/mol. The largest absolute Gasteiger partial charge is 0.353 e. The molecule has 0 aromatic carbocycles. The number of hydrogen-bond donors (Lipinski definition) is 1. The summed E-state index contributed by atoms with van der Waals surface area (Å²) in [6.07, 6.45) is 10.3. The lowest BCUT2D eigenvalue weighted by atomic mass is 9.49. The summed E-state index contributed by atoms with van der Waals surface area (Å²) >= 11 is 3.41. The minimum atomic E-state index is 0.0253. The van der Waals surface area contributed by atoms with Gasteiger partial charge in [-0.15, -0.1) is 0 Å². The first-order valence-corrected chi connectivity index (χ1v) is 12.2. The second-order valence-corrected chi connectivity index (χ2v) is 11.0. The Morgan fingerprint density at radius 3 is 2.23 bits per heavy atom. The molecule has 5 fully saturated rings. The van der Waals surface area contributed by atoms with Gasteiger partial charge in [0.25, 0.3) is 0 Å². The Labute approximate surface area is 186 Å². The smallest absolute Gasteiger partial charge is 0.242 e. The first-order valence-electron chi connectivity index (χ1n) is 11.4. The second kappa shape index (κ2) is 8.13. The fourth-order valence-electron chi connectivity index (χ4n) is 6.94. The van der Waals surface area contributed by atoms with Gasteiger partial charge in [0.05, 0.1) is 6.54 Å². The van der Waals surface area contributed by atoms with Crippen LogP contribution in [0.1, 0.15) is 44.9 Å². The molecule has 6 nitrogen and oxygen atoms in total. The first kappa shape index (κ1) is 20.3. The molecule has 30 heavy (non-hydrogen) atoms. The van der Waals surface area contributed by atoms with Gasteiger partial charge in [0.15, 0.2) is 0 Å². The van der Waals surface area contributed by atoms with E-state index in [-0.39, 0.29) is 23.8 Å². The third-order valence-electron chi connectivity index (χ3n) is 7.81. The minimum absolute atomic E-state index is 0.0253. The fourth-order valence-corrected chi connectivity index (χ4v) is 7.17. The summed E-state index contributed by atoms with van der Waals surface area (Å²) in [5.74, 6) is 3.58. The zero-order valence-corrected chi connectivity index (χ0v) is 19.1. The summed E-state index contributed by atoms with van der Waals surface area (Å²) in [4.78, 5) is 33.8. The Hall–Kier alpha value is -1.63. The topological polar surface area (TPSA) is 65.5 Å². The summed E-state index contributed by atoms with van der Waals surface area (Å²) in [5, 5.41) is 2.94. The number of piperazine rings is 1. The van der Waals surface area contributed by atoms with Gasteiger partial charge < -0.3 is 15.1 Å². The lowest BCUT2D eigenvalue weighted by Crippen LogP contribution is -2.52. The number of pyridine rings is 1. The van der Waals surface area contributed by atoms with E-state index in [0.717, 1.165) is 41.1 Å². The highest BCUT2D eigenvalue weighted by atomic mass is 79.9. The quantitative estimate of drug-likeness (QED) is 0.711. The van der Waals surface area contributed by atoms with Gasteiger partial charge in [0.1, 0.15) is 5.82 Å². The average molecular weight is 475 g/mol. The number of amides is 2. The number of nitrogens with zero attached hydrogens (tertiary/aromatic N) is 3. The molecular weight excluding hydrogens is 444 g/mol. The summed E-state index contributed by atoms with van der Waals surface area (Å²) in [6.45, 7) is 2.99. The van der Waals surface area contributed by atoms with Gasteiger partial charge in [-0.1, -0.05) is 0 Å². The van der Waals surface area contributed by atoms with E-state index in [0.29, 0.717) is 19.5 Å². The molecule has 1 aliphatic heterocycles. The number of carbonyl (C=O) groups is 2. The third-order valence-corrected chi connectivity index (χ3v) is 8.27. The van der Waals surface area contributed by atoms with Crippen LogP contribution in [0.2, 0.25) is 0 Å². The molecule has 7 heteroatoms. The molecular formula is C23H31BrN4O2. The van der Waals surface area contributed by atoms with Gasteiger partial charge >= 0.3 is 0 Å². The van der Waals surface area contributed by atoms with E-state index in [2.05, 4.69) is 31.1 Å². The van der Waals surface area contributed by atoms with Crippen molar-refractivity contribution >= 4 is 33.6 Å². The Morgan fingerprint density at radius 1 is 1.03 bits per heavy atom. The molecule has 4 aliphatic carbocycles. The van der Waals surface area contributed by atoms with Gasteiger partial charge in [0, 0.05) is 43.3 Å². The minimum Gasteiger partial charge on any atom is -0.353 e. The first-order chi connectivity index (χ1) is 14.5. The zero-order chi connectivity index (χ0) is 20.7. The van der Waals surface area contributed by atoms with Crippen LogP contribution in [0, 0.1) is 23.2 Å². The van der Waals surface area contributed by atoms with Crippen molar-refractivity contribution in [2.75, 3.05) is 37.6 Å². The summed E-state index contributed by atoms with van der Waals surface area (Å²) in [6, 6.07) is 3.98. The second-order valence-electron chi connectivity index (χ2n) is 10.1. The predicted octanol–water partition coefficient (Wildman–Crippen LogP) is 3.22.